The molecule has 1 aromatic rings. The fourth-order valence-corrected chi connectivity index (χ4v) is 3.87. The van der Waals surface area contributed by atoms with Crippen LogP contribution in [-0.4, -0.2) is 36.1 Å². The topological polar surface area (TPSA) is 74.7 Å². The van der Waals surface area contributed by atoms with E-state index in [-0.39, 0.29) is 18.8 Å². The third-order valence-electron chi connectivity index (χ3n) is 3.32. The van der Waals surface area contributed by atoms with Crippen molar-refractivity contribution < 1.29 is 18.3 Å². The Hall–Kier alpha value is -1.40. The molecule has 0 bridgehead atoms. The van der Waals surface area contributed by atoms with Gasteiger partial charge in [0.05, 0.1) is 11.7 Å². The lowest BCUT2D eigenvalue weighted by molar-refractivity contribution is -0.139. The Labute approximate surface area is 112 Å². The summed E-state index contributed by atoms with van der Waals surface area (Å²) in [6.07, 6.45) is 0.526. The molecular weight excluding hydrogens is 266 g/mol. The summed E-state index contributed by atoms with van der Waals surface area (Å²) in [6, 6.07) is 7.13. The Bertz CT molecular complexity index is 582. The highest BCUT2D eigenvalue weighted by Gasteiger charge is 2.35. The summed E-state index contributed by atoms with van der Waals surface area (Å²) >= 11 is 0. The Morgan fingerprint density at radius 2 is 2.11 bits per heavy atom. The van der Waals surface area contributed by atoms with Crippen molar-refractivity contribution in [3.63, 3.8) is 0 Å². The van der Waals surface area contributed by atoms with Crippen LogP contribution in [0.25, 0.3) is 0 Å². The van der Waals surface area contributed by atoms with E-state index >= 15 is 0 Å². The van der Waals surface area contributed by atoms with Crippen LogP contribution >= 0.6 is 0 Å². The Kier molecular flexibility index (Phi) is 3.91. The lowest BCUT2D eigenvalue weighted by atomic mass is 9.91. The first kappa shape index (κ1) is 14.0. The van der Waals surface area contributed by atoms with Gasteiger partial charge in [0.2, 0.25) is 10.0 Å². The summed E-state index contributed by atoms with van der Waals surface area (Å²) in [5.74, 6) is -1.71. The molecule has 19 heavy (non-hydrogen) atoms. The molecule has 0 spiro atoms. The lowest BCUT2D eigenvalue weighted by Gasteiger charge is -2.31. The molecule has 0 saturated carbocycles. The third-order valence-corrected chi connectivity index (χ3v) is 5.31. The lowest BCUT2D eigenvalue weighted by Crippen LogP contribution is -2.41. The van der Waals surface area contributed by atoms with Gasteiger partial charge in [-0.25, -0.2) is 8.42 Å². The van der Waals surface area contributed by atoms with E-state index < -0.39 is 21.9 Å². The average Bonchev–Trinajstić information content (AvgIpc) is 2.37. The van der Waals surface area contributed by atoms with Gasteiger partial charge in [-0.15, -0.1) is 0 Å². The maximum Gasteiger partial charge on any atom is 0.312 e. The van der Waals surface area contributed by atoms with Gasteiger partial charge in [0, 0.05) is 13.1 Å². The highest BCUT2D eigenvalue weighted by Crippen LogP contribution is 2.30. The monoisotopic (exact) mass is 283 g/mol. The van der Waals surface area contributed by atoms with Crippen LogP contribution in [0.1, 0.15) is 30.4 Å². The first-order valence-electron chi connectivity index (χ1n) is 6.24. The van der Waals surface area contributed by atoms with Crippen molar-refractivity contribution in [1.29, 1.82) is 0 Å². The predicted octanol–water partition coefficient (Wildman–Crippen LogP) is 1.41. The molecule has 1 N–H and O–H groups in total. The normalized spacial score (nSPS) is 19.9. The van der Waals surface area contributed by atoms with E-state index in [2.05, 4.69) is 0 Å². The SMILES string of the molecule is CCCS(=O)(=O)N1Cc2ccccc2C(C(=O)O)C1. The smallest absolute Gasteiger partial charge is 0.312 e. The summed E-state index contributed by atoms with van der Waals surface area (Å²) < 4.78 is 25.5. The van der Waals surface area contributed by atoms with Gasteiger partial charge >= 0.3 is 5.97 Å². The largest absolute Gasteiger partial charge is 0.481 e. The van der Waals surface area contributed by atoms with Gasteiger partial charge in [-0.3, -0.25) is 4.79 Å². The van der Waals surface area contributed by atoms with Crippen molar-refractivity contribution in [2.45, 2.75) is 25.8 Å². The molecule has 1 unspecified atom stereocenters. The van der Waals surface area contributed by atoms with E-state index in [4.69, 9.17) is 0 Å². The number of sulfonamides is 1. The second-order valence-electron chi connectivity index (χ2n) is 4.70. The van der Waals surface area contributed by atoms with Gasteiger partial charge in [-0.1, -0.05) is 31.2 Å². The highest BCUT2D eigenvalue weighted by molar-refractivity contribution is 7.89. The number of carboxylic acids is 1. The van der Waals surface area contributed by atoms with E-state index in [9.17, 15) is 18.3 Å². The van der Waals surface area contributed by atoms with E-state index in [1.54, 1.807) is 31.2 Å². The molecule has 0 radical (unpaired) electrons. The fourth-order valence-electron chi connectivity index (χ4n) is 2.38. The Balaban J connectivity index is 2.38. The minimum absolute atomic E-state index is 0.0225. The van der Waals surface area contributed by atoms with Crippen molar-refractivity contribution in [2.24, 2.45) is 0 Å². The Morgan fingerprint density at radius 1 is 1.42 bits per heavy atom. The molecule has 0 saturated heterocycles. The summed E-state index contributed by atoms with van der Waals surface area (Å²) in [5.41, 5.74) is 1.50. The molecule has 0 amide bonds. The van der Waals surface area contributed by atoms with E-state index in [1.807, 2.05) is 0 Å². The number of carboxylic acid groups (broad SMARTS) is 1. The van der Waals surface area contributed by atoms with Crippen molar-refractivity contribution in [3.05, 3.63) is 35.4 Å². The fraction of sp³-hybridized carbons (Fsp3) is 0.462. The van der Waals surface area contributed by atoms with Gasteiger partial charge in [0.1, 0.15) is 0 Å². The summed E-state index contributed by atoms with van der Waals surface area (Å²) in [6.45, 7) is 2.08. The predicted molar refractivity (Wildman–Crippen MR) is 71.3 cm³/mol. The van der Waals surface area contributed by atoms with E-state index in [0.29, 0.717) is 6.42 Å². The van der Waals surface area contributed by atoms with Gasteiger partial charge in [0.25, 0.3) is 0 Å². The molecule has 6 heteroatoms. The van der Waals surface area contributed by atoms with Gasteiger partial charge in [-0.2, -0.15) is 4.31 Å². The first-order valence-corrected chi connectivity index (χ1v) is 7.85. The zero-order valence-electron chi connectivity index (χ0n) is 10.7. The number of nitrogens with zero attached hydrogens (tertiary/aromatic N) is 1. The second-order valence-corrected chi connectivity index (χ2v) is 6.79. The van der Waals surface area contributed by atoms with Crippen LogP contribution in [0.4, 0.5) is 0 Å². The van der Waals surface area contributed by atoms with Crippen molar-refractivity contribution in [2.75, 3.05) is 12.3 Å². The van der Waals surface area contributed by atoms with Crippen LogP contribution < -0.4 is 0 Å². The maximum absolute atomic E-state index is 12.1. The highest BCUT2D eigenvalue weighted by atomic mass is 32.2. The van der Waals surface area contributed by atoms with E-state index in [0.717, 1.165) is 11.1 Å². The Morgan fingerprint density at radius 3 is 2.74 bits per heavy atom. The zero-order chi connectivity index (χ0) is 14.0. The molecular formula is C13H17NO4S. The molecule has 2 rings (SSSR count). The molecule has 1 aliphatic heterocycles. The summed E-state index contributed by atoms with van der Waals surface area (Å²) in [4.78, 5) is 11.3. The molecule has 1 aromatic carbocycles. The number of benzene rings is 1. The molecule has 104 valence electrons. The number of hydrogen-bond donors (Lipinski definition) is 1. The van der Waals surface area contributed by atoms with Crippen LogP contribution in [0.15, 0.2) is 24.3 Å². The van der Waals surface area contributed by atoms with Crippen molar-refractivity contribution in [3.8, 4) is 0 Å². The van der Waals surface area contributed by atoms with Crippen LogP contribution in [0, 0.1) is 0 Å². The average molecular weight is 283 g/mol. The van der Waals surface area contributed by atoms with Crippen LogP contribution in [0.2, 0.25) is 0 Å². The standard InChI is InChI=1S/C13H17NO4S/c1-2-7-19(17,18)14-8-10-5-3-4-6-11(10)12(9-14)13(15)16/h3-6,12H,2,7-9H2,1H3,(H,15,16). The molecule has 0 aliphatic carbocycles. The van der Waals surface area contributed by atoms with Crippen LogP contribution in [0.5, 0.6) is 0 Å². The molecule has 1 atom stereocenters. The number of hydrogen-bond acceptors (Lipinski definition) is 3. The molecule has 1 aliphatic rings. The zero-order valence-corrected chi connectivity index (χ0v) is 11.6. The number of fused-ring (bicyclic) bond motifs is 1. The number of aliphatic carboxylic acids is 1. The van der Waals surface area contributed by atoms with Gasteiger partial charge < -0.3 is 5.11 Å². The molecule has 5 nitrogen and oxygen atoms in total. The first-order chi connectivity index (χ1) is 8.95. The van der Waals surface area contributed by atoms with Crippen LogP contribution in [-0.2, 0) is 21.4 Å². The van der Waals surface area contributed by atoms with Gasteiger partial charge in [-0.05, 0) is 17.5 Å². The minimum Gasteiger partial charge on any atom is -0.481 e. The summed E-state index contributed by atoms with van der Waals surface area (Å²) in [7, 11) is -3.37. The van der Waals surface area contributed by atoms with Crippen molar-refractivity contribution >= 4 is 16.0 Å². The summed E-state index contributed by atoms with van der Waals surface area (Å²) in [5, 5.41) is 9.28. The molecule has 0 aromatic heterocycles. The molecule has 1 heterocycles. The third kappa shape index (κ3) is 2.79. The van der Waals surface area contributed by atoms with Crippen LogP contribution in [0.3, 0.4) is 0 Å². The molecule has 0 fully saturated rings. The maximum atomic E-state index is 12.1. The number of rotatable bonds is 4. The quantitative estimate of drug-likeness (QED) is 0.906. The second kappa shape index (κ2) is 5.30. The minimum atomic E-state index is -3.37. The number of carbonyl (C=O) groups is 1. The van der Waals surface area contributed by atoms with Crippen molar-refractivity contribution in [1.82, 2.24) is 4.31 Å². The van der Waals surface area contributed by atoms with Gasteiger partial charge in [0.15, 0.2) is 0 Å². The van der Waals surface area contributed by atoms with E-state index in [1.165, 1.54) is 4.31 Å².